The maximum Gasteiger partial charge on any atom is 0.266 e. The first-order valence-corrected chi connectivity index (χ1v) is 9.19. The summed E-state index contributed by atoms with van der Waals surface area (Å²) in [6, 6.07) is 7.42. The number of hydrogen-bond donors (Lipinski definition) is 0. The SMILES string of the molecule is Cc1cnc(CN2CCCC2Cn2nc(-c3ccncc3)ccc2=O)cn1. The van der Waals surface area contributed by atoms with Crippen molar-refractivity contribution in [3.05, 3.63) is 70.8 Å². The van der Waals surface area contributed by atoms with Gasteiger partial charge in [0.05, 0.1) is 23.6 Å². The molecule has 0 amide bonds. The summed E-state index contributed by atoms with van der Waals surface area (Å²) in [6.07, 6.45) is 9.25. The highest BCUT2D eigenvalue weighted by Gasteiger charge is 2.26. The van der Waals surface area contributed by atoms with E-state index in [0.29, 0.717) is 6.54 Å². The molecule has 1 fully saturated rings. The average Bonchev–Trinajstić information content (AvgIpc) is 3.13. The maximum absolute atomic E-state index is 12.3. The van der Waals surface area contributed by atoms with Crippen LogP contribution in [0.2, 0.25) is 0 Å². The molecule has 0 radical (unpaired) electrons. The number of aromatic nitrogens is 5. The molecule has 1 aliphatic heterocycles. The van der Waals surface area contributed by atoms with E-state index in [1.165, 1.54) is 0 Å². The Hall–Kier alpha value is -2.93. The van der Waals surface area contributed by atoms with E-state index in [2.05, 4.69) is 25.0 Å². The molecular formula is C20H22N6O. The van der Waals surface area contributed by atoms with E-state index in [1.807, 2.05) is 25.3 Å². The molecule has 1 atom stereocenters. The van der Waals surface area contributed by atoms with Crippen molar-refractivity contribution in [3.8, 4) is 11.3 Å². The molecule has 0 spiro atoms. The van der Waals surface area contributed by atoms with Gasteiger partial charge in [-0.2, -0.15) is 5.10 Å². The highest BCUT2D eigenvalue weighted by Crippen LogP contribution is 2.21. The molecule has 1 unspecified atom stereocenters. The molecule has 138 valence electrons. The van der Waals surface area contributed by atoms with E-state index < -0.39 is 0 Å². The van der Waals surface area contributed by atoms with Crippen LogP contribution < -0.4 is 5.56 Å². The smallest absolute Gasteiger partial charge is 0.266 e. The minimum Gasteiger partial charge on any atom is -0.293 e. The first kappa shape index (κ1) is 17.5. The van der Waals surface area contributed by atoms with Crippen molar-refractivity contribution in [2.75, 3.05) is 6.54 Å². The lowest BCUT2D eigenvalue weighted by atomic mass is 10.2. The Morgan fingerprint density at radius 1 is 1.11 bits per heavy atom. The molecule has 0 saturated carbocycles. The van der Waals surface area contributed by atoms with Gasteiger partial charge in [-0.05, 0) is 44.5 Å². The van der Waals surface area contributed by atoms with Crippen molar-refractivity contribution in [1.29, 1.82) is 0 Å². The zero-order valence-electron chi connectivity index (χ0n) is 15.3. The van der Waals surface area contributed by atoms with Crippen molar-refractivity contribution in [3.63, 3.8) is 0 Å². The van der Waals surface area contributed by atoms with Crippen LogP contribution in [0, 0.1) is 6.92 Å². The van der Waals surface area contributed by atoms with Gasteiger partial charge >= 0.3 is 0 Å². The Bertz CT molecular complexity index is 954. The molecule has 0 aliphatic carbocycles. The fraction of sp³-hybridized carbons (Fsp3) is 0.350. The third-order valence-electron chi connectivity index (χ3n) is 4.92. The lowest BCUT2D eigenvalue weighted by Crippen LogP contribution is -2.36. The van der Waals surface area contributed by atoms with Crippen LogP contribution in [0.1, 0.15) is 24.2 Å². The second kappa shape index (κ2) is 7.75. The third kappa shape index (κ3) is 4.09. The van der Waals surface area contributed by atoms with Crippen LogP contribution in [0.3, 0.4) is 0 Å². The van der Waals surface area contributed by atoms with Gasteiger partial charge < -0.3 is 0 Å². The van der Waals surface area contributed by atoms with Gasteiger partial charge in [-0.15, -0.1) is 0 Å². The summed E-state index contributed by atoms with van der Waals surface area (Å²) < 4.78 is 1.58. The quantitative estimate of drug-likeness (QED) is 0.691. The average molecular weight is 362 g/mol. The summed E-state index contributed by atoms with van der Waals surface area (Å²) in [5.74, 6) is 0. The zero-order valence-corrected chi connectivity index (χ0v) is 15.3. The number of pyridine rings is 1. The van der Waals surface area contributed by atoms with Crippen molar-refractivity contribution >= 4 is 0 Å². The fourth-order valence-corrected chi connectivity index (χ4v) is 3.48. The summed E-state index contributed by atoms with van der Waals surface area (Å²) in [6.45, 7) is 4.26. The monoisotopic (exact) mass is 362 g/mol. The highest BCUT2D eigenvalue weighted by molar-refractivity contribution is 5.56. The van der Waals surface area contributed by atoms with Crippen LogP contribution in [0.4, 0.5) is 0 Å². The van der Waals surface area contributed by atoms with Crippen LogP contribution >= 0.6 is 0 Å². The number of nitrogens with zero attached hydrogens (tertiary/aromatic N) is 6. The second-order valence-electron chi connectivity index (χ2n) is 6.89. The number of hydrogen-bond acceptors (Lipinski definition) is 6. The molecular weight excluding hydrogens is 340 g/mol. The van der Waals surface area contributed by atoms with Crippen molar-refractivity contribution < 1.29 is 0 Å². The van der Waals surface area contributed by atoms with Crippen LogP contribution in [0.15, 0.2) is 53.8 Å². The Balaban J connectivity index is 1.52. The predicted molar refractivity (Wildman–Crippen MR) is 102 cm³/mol. The molecule has 4 heterocycles. The van der Waals surface area contributed by atoms with E-state index in [-0.39, 0.29) is 11.6 Å². The highest BCUT2D eigenvalue weighted by atomic mass is 16.1. The lowest BCUT2D eigenvalue weighted by molar-refractivity contribution is 0.214. The maximum atomic E-state index is 12.3. The number of likely N-dealkylation sites (tertiary alicyclic amines) is 1. The van der Waals surface area contributed by atoms with Crippen molar-refractivity contribution in [2.24, 2.45) is 0 Å². The summed E-state index contributed by atoms with van der Waals surface area (Å²) in [5, 5.41) is 4.58. The Morgan fingerprint density at radius 3 is 2.74 bits per heavy atom. The molecule has 0 N–H and O–H groups in total. The summed E-state index contributed by atoms with van der Waals surface area (Å²) >= 11 is 0. The van der Waals surface area contributed by atoms with Crippen molar-refractivity contribution in [1.82, 2.24) is 29.6 Å². The van der Waals surface area contributed by atoms with Crippen molar-refractivity contribution in [2.45, 2.75) is 38.9 Å². The second-order valence-corrected chi connectivity index (χ2v) is 6.89. The van der Waals surface area contributed by atoms with Gasteiger partial charge in [0.2, 0.25) is 0 Å². The Kier molecular flexibility index (Phi) is 5.02. The molecule has 3 aromatic heterocycles. The molecule has 1 saturated heterocycles. The third-order valence-corrected chi connectivity index (χ3v) is 4.92. The Morgan fingerprint density at radius 2 is 1.96 bits per heavy atom. The largest absolute Gasteiger partial charge is 0.293 e. The van der Waals surface area contributed by atoms with Gasteiger partial charge in [0.25, 0.3) is 5.56 Å². The van der Waals surface area contributed by atoms with E-state index >= 15 is 0 Å². The summed E-state index contributed by atoms with van der Waals surface area (Å²) in [7, 11) is 0. The van der Waals surface area contributed by atoms with Gasteiger partial charge in [-0.25, -0.2) is 4.68 Å². The van der Waals surface area contributed by atoms with Crippen LogP contribution in [0.25, 0.3) is 11.3 Å². The first-order chi connectivity index (χ1) is 13.2. The summed E-state index contributed by atoms with van der Waals surface area (Å²) in [4.78, 5) is 27.5. The normalized spacial score (nSPS) is 17.3. The van der Waals surface area contributed by atoms with Gasteiger partial charge in [-0.3, -0.25) is 24.6 Å². The van der Waals surface area contributed by atoms with E-state index in [4.69, 9.17) is 0 Å². The van der Waals surface area contributed by atoms with E-state index in [1.54, 1.807) is 35.4 Å². The van der Waals surface area contributed by atoms with Gasteiger partial charge in [0.1, 0.15) is 0 Å². The molecule has 7 nitrogen and oxygen atoms in total. The van der Waals surface area contributed by atoms with Gasteiger partial charge in [0.15, 0.2) is 0 Å². The van der Waals surface area contributed by atoms with E-state index in [9.17, 15) is 4.79 Å². The van der Waals surface area contributed by atoms with Gasteiger partial charge in [-0.1, -0.05) is 0 Å². The summed E-state index contributed by atoms with van der Waals surface area (Å²) in [5.41, 5.74) is 3.54. The lowest BCUT2D eigenvalue weighted by Gasteiger charge is -2.24. The fourth-order valence-electron chi connectivity index (χ4n) is 3.48. The minimum atomic E-state index is -0.0743. The standard InChI is InChI=1S/C20H22N6O/c1-15-11-23-17(12-22-15)13-25-10-2-3-18(25)14-26-20(27)5-4-19(24-26)16-6-8-21-9-7-16/h4-9,11-12,18H,2-3,10,13-14H2,1H3. The van der Waals surface area contributed by atoms with Crippen LogP contribution in [-0.2, 0) is 13.1 Å². The molecule has 7 heteroatoms. The van der Waals surface area contributed by atoms with Gasteiger partial charge in [0, 0.05) is 49.0 Å². The molecule has 3 aromatic rings. The van der Waals surface area contributed by atoms with E-state index in [0.717, 1.165) is 48.6 Å². The molecule has 4 rings (SSSR count). The van der Waals surface area contributed by atoms with Crippen LogP contribution in [0.5, 0.6) is 0 Å². The number of rotatable bonds is 5. The Labute approximate surface area is 157 Å². The minimum absolute atomic E-state index is 0.0743. The van der Waals surface area contributed by atoms with Crippen LogP contribution in [-0.4, -0.2) is 42.2 Å². The first-order valence-electron chi connectivity index (χ1n) is 9.19. The topological polar surface area (TPSA) is 76.8 Å². The zero-order chi connectivity index (χ0) is 18.6. The predicted octanol–water partition coefficient (Wildman–Crippen LogP) is 2.07. The molecule has 27 heavy (non-hydrogen) atoms. The number of aryl methyl sites for hydroxylation is 1. The molecule has 0 aromatic carbocycles. The molecule has 1 aliphatic rings. The molecule has 0 bridgehead atoms.